The standard InChI is InChI=1S/C13H13N5O2/c1-18-6-5-15-12(18)11-16-13(20-17-11)8-3-4-10(19-2)9(14)7-8/h3-7H,14H2,1-2H3. The van der Waals surface area contributed by atoms with Crippen LogP contribution in [0, 0.1) is 0 Å². The van der Waals surface area contributed by atoms with Gasteiger partial charge in [-0.25, -0.2) is 4.98 Å². The van der Waals surface area contributed by atoms with Gasteiger partial charge in [-0.2, -0.15) is 4.98 Å². The van der Waals surface area contributed by atoms with Crippen LogP contribution in [0.3, 0.4) is 0 Å². The number of hydrogen-bond donors (Lipinski definition) is 1. The monoisotopic (exact) mass is 271 g/mol. The average molecular weight is 271 g/mol. The summed E-state index contributed by atoms with van der Waals surface area (Å²) in [5.41, 5.74) is 7.11. The molecule has 7 heteroatoms. The fourth-order valence-electron chi connectivity index (χ4n) is 1.88. The van der Waals surface area contributed by atoms with Crippen molar-refractivity contribution < 1.29 is 9.26 Å². The number of nitrogen functional groups attached to an aromatic ring is 1. The van der Waals surface area contributed by atoms with Gasteiger partial charge >= 0.3 is 0 Å². The van der Waals surface area contributed by atoms with Crippen LogP contribution < -0.4 is 10.5 Å². The topological polar surface area (TPSA) is 92.0 Å². The molecule has 2 N–H and O–H groups in total. The zero-order valence-electron chi connectivity index (χ0n) is 11.1. The summed E-state index contributed by atoms with van der Waals surface area (Å²) in [6, 6.07) is 5.30. The van der Waals surface area contributed by atoms with E-state index in [1.165, 1.54) is 0 Å². The summed E-state index contributed by atoms with van der Waals surface area (Å²) in [6.45, 7) is 0. The molecule has 0 amide bonds. The van der Waals surface area contributed by atoms with Crippen molar-refractivity contribution in [3.05, 3.63) is 30.6 Å². The smallest absolute Gasteiger partial charge is 0.258 e. The largest absolute Gasteiger partial charge is 0.495 e. The first-order valence-corrected chi connectivity index (χ1v) is 5.94. The third kappa shape index (κ3) is 1.99. The number of ether oxygens (including phenoxy) is 1. The van der Waals surface area contributed by atoms with Crippen molar-refractivity contribution in [2.75, 3.05) is 12.8 Å². The van der Waals surface area contributed by atoms with Crippen molar-refractivity contribution in [2.24, 2.45) is 7.05 Å². The molecular formula is C13H13N5O2. The zero-order valence-corrected chi connectivity index (χ0v) is 11.1. The lowest BCUT2D eigenvalue weighted by molar-refractivity contribution is 0.416. The lowest BCUT2D eigenvalue weighted by Gasteiger charge is -2.04. The van der Waals surface area contributed by atoms with E-state index in [4.69, 9.17) is 15.0 Å². The SMILES string of the molecule is COc1ccc(-c2nc(-c3nccn3C)no2)cc1N. The van der Waals surface area contributed by atoms with Crippen molar-refractivity contribution in [3.63, 3.8) is 0 Å². The molecule has 1 aromatic carbocycles. The normalized spacial score (nSPS) is 10.7. The molecule has 2 aromatic heterocycles. The second-order valence-electron chi connectivity index (χ2n) is 4.24. The van der Waals surface area contributed by atoms with E-state index < -0.39 is 0 Å². The van der Waals surface area contributed by atoms with Crippen LogP contribution >= 0.6 is 0 Å². The highest BCUT2D eigenvalue weighted by Gasteiger charge is 2.14. The Kier molecular flexibility index (Phi) is 2.86. The van der Waals surface area contributed by atoms with Crippen molar-refractivity contribution in [3.8, 4) is 28.9 Å². The van der Waals surface area contributed by atoms with Gasteiger partial charge in [-0.1, -0.05) is 5.16 Å². The van der Waals surface area contributed by atoms with Crippen molar-refractivity contribution in [1.29, 1.82) is 0 Å². The second kappa shape index (κ2) is 4.69. The van der Waals surface area contributed by atoms with E-state index in [0.717, 1.165) is 5.56 Å². The molecule has 0 fully saturated rings. The highest BCUT2D eigenvalue weighted by Crippen LogP contribution is 2.28. The van der Waals surface area contributed by atoms with E-state index in [1.807, 2.05) is 23.9 Å². The number of nitrogens with two attached hydrogens (primary N) is 1. The minimum absolute atomic E-state index is 0.386. The summed E-state index contributed by atoms with van der Waals surface area (Å²) < 4.78 is 12.2. The molecule has 0 aliphatic rings. The number of methoxy groups -OCH3 is 1. The van der Waals surface area contributed by atoms with Crippen LogP contribution in [0.4, 0.5) is 5.69 Å². The molecular weight excluding hydrogens is 258 g/mol. The number of imidazole rings is 1. The molecule has 7 nitrogen and oxygen atoms in total. The van der Waals surface area contributed by atoms with E-state index in [2.05, 4.69) is 15.1 Å². The summed E-state index contributed by atoms with van der Waals surface area (Å²) in [4.78, 5) is 8.49. The minimum Gasteiger partial charge on any atom is -0.495 e. The van der Waals surface area contributed by atoms with Gasteiger partial charge in [-0.15, -0.1) is 0 Å². The number of rotatable bonds is 3. The van der Waals surface area contributed by atoms with Gasteiger partial charge in [-0.05, 0) is 18.2 Å². The first-order valence-electron chi connectivity index (χ1n) is 5.94. The molecule has 0 spiro atoms. The van der Waals surface area contributed by atoms with E-state index in [-0.39, 0.29) is 0 Å². The van der Waals surface area contributed by atoms with E-state index in [1.54, 1.807) is 25.4 Å². The van der Waals surface area contributed by atoms with Crippen LogP contribution in [0.25, 0.3) is 23.1 Å². The Bertz CT molecular complexity index is 747. The highest BCUT2D eigenvalue weighted by atomic mass is 16.5. The highest BCUT2D eigenvalue weighted by molar-refractivity contribution is 5.66. The summed E-state index contributed by atoms with van der Waals surface area (Å²) in [5, 5.41) is 3.93. The predicted octanol–water partition coefficient (Wildman–Crippen LogP) is 1.73. The summed E-state index contributed by atoms with van der Waals surface area (Å²) in [7, 11) is 3.43. The molecule has 0 bridgehead atoms. The fourth-order valence-corrected chi connectivity index (χ4v) is 1.88. The van der Waals surface area contributed by atoms with Crippen LogP contribution in [-0.2, 0) is 7.05 Å². The molecule has 3 aromatic rings. The first kappa shape index (κ1) is 12.2. The molecule has 0 radical (unpaired) electrons. The number of aromatic nitrogens is 4. The molecule has 20 heavy (non-hydrogen) atoms. The predicted molar refractivity (Wildman–Crippen MR) is 72.9 cm³/mol. The van der Waals surface area contributed by atoms with Gasteiger partial charge < -0.3 is 19.6 Å². The Labute approximate surface area is 115 Å². The number of hydrogen-bond acceptors (Lipinski definition) is 6. The Morgan fingerprint density at radius 2 is 2.20 bits per heavy atom. The van der Waals surface area contributed by atoms with Crippen LogP contribution in [0.2, 0.25) is 0 Å². The maximum absolute atomic E-state index is 5.86. The van der Waals surface area contributed by atoms with E-state index in [9.17, 15) is 0 Å². The van der Waals surface area contributed by atoms with Gasteiger partial charge in [0.2, 0.25) is 5.82 Å². The number of nitrogens with zero attached hydrogens (tertiary/aromatic N) is 4. The summed E-state index contributed by atoms with van der Waals surface area (Å²) in [6.07, 6.45) is 3.49. The molecule has 0 saturated heterocycles. The maximum atomic E-state index is 5.86. The van der Waals surface area contributed by atoms with Crippen LogP contribution in [0.5, 0.6) is 5.75 Å². The van der Waals surface area contributed by atoms with Gasteiger partial charge in [-0.3, -0.25) is 0 Å². The molecule has 0 unspecified atom stereocenters. The van der Waals surface area contributed by atoms with Gasteiger partial charge in [0.25, 0.3) is 5.89 Å². The minimum atomic E-state index is 0.386. The van der Waals surface area contributed by atoms with E-state index >= 15 is 0 Å². The number of benzene rings is 1. The van der Waals surface area contributed by atoms with E-state index in [0.29, 0.717) is 29.0 Å². The third-order valence-electron chi connectivity index (χ3n) is 2.92. The Morgan fingerprint density at radius 3 is 2.85 bits per heavy atom. The molecule has 0 saturated carbocycles. The van der Waals surface area contributed by atoms with Crippen molar-refractivity contribution >= 4 is 5.69 Å². The Hall–Kier alpha value is -2.83. The quantitative estimate of drug-likeness (QED) is 0.729. The second-order valence-corrected chi connectivity index (χ2v) is 4.24. The van der Waals surface area contributed by atoms with Gasteiger partial charge in [0.1, 0.15) is 5.75 Å². The lowest BCUT2D eigenvalue weighted by Crippen LogP contribution is -1.93. The van der Waals surface area contributed by atoms with Gasteiger partial charge in [0, 0.05) is 25.0 Å². The summed E-state index contributed by atoms with van der Waals surface area (Å²) in [5.74, 6) is 2.07. The average Bonchev–Trinajstić information content (AvgIpc) is 3.07. The number of aryl methyl sites for hydroxylation is 1. The molecule has 0 aliphatic carbocycles. The molecule has 0 atom stereocenters. The van der Waals surface area contributed by atoms with Crippen LogP contribution in [0.1, 0.15) is 0 Å². The number of anilines is 1. The molecule has 0 aliphatic heterocycles. The molecule has 3 rings (SSSR count). The molecule has 2 heterocycles. The van der Waals surface area contributed by atoms with Crippen LogP contribution in [0.15, 0.2) is 35.1 Å². The maximum Gasteiger partial charge on any atom is 0.258 e. The zero-order chi connectivity index (χ0) is 14.1. The first-order chi connectivity index (χ1) is 9.69. The Morgan fingerprint density at radius 1 is 1.35 bits per heavy atom. The fraction of sp³-hybridized carbons (Fsp3) is 0.154. The summed E-state index contributed by atoms with van der Waals surface area (Å²) >= 11 is 0. The van der Waals surface area contributed by atoms with Gasteiger partial charge in [0.05, 0.1) is 12.8 Å². The van der Waals surface area contributed by atoms with Crippen LogP contribution in [-0.4, -0.2) is 26.8 Å². The lowest BCUT2D eigenvalue weighted by atomic mass is 10.2. The van der Waals surface area contributed by atoms with Gasteiger partial charge in [0.15, 0.2) is 5.82 Å². The molecule has 102 valence electrons. The van der Waals surface area contributed by atoms with Crippen molar-refractivity contribution in [1.82, 2.24) is 19.7 Å². The van der Waals surface area contributed by atoms with Crippen molar-refractivity contribution in [2.45, 2.75) is 0 Å². The Balaban J connectivity index is 1.98. The third-order valence-corrected chi connectivity index (χ3v) is 2.92.